The van der Waals surface area contributed by atoms with Crippen LogP contribution in [0.4, 0.5) is 0 Å². The van der Waals surface area contributed by atoms with Gasteiger partial charge in [-0.25, -0.2) is 5.11 Å². The molecule has 0 unspecified atom stereocenters. The quantitative estimate of drug-likeness (QED) is 0.416. The summed E-state index contributed by atoms with van der Waals surface area (Å²) in [5.41, 5.74) is -0.384. The predicted molar refractivity (Wildman–Crippen MR) is 20.8 cm³/mol. The Morgan fingerprint density at radius 3 is 1.67 bits per heavy atom. The Morgan fingerprint density at radius 1 is 1.33 bits per heavy atom. The minimum absolute atomic E-state index is 0.384. The van der Waals surface area contributed by atoms with Gasteiger partial charge in [-0.05, 0) is 25.2 Å². The number of rotatable bonds is 0. The standard InChI is InChI=1S/C5H7O/c6-5-1-4(2-5)3-5/h4H,1-3H2. The molecule has 0 N–H and O–H groups in total. The molecule has 1 heteroatoms. The maximum absolute atomic E-state index is 10.6. The molecule has 0 aliphatic heterocycles. The van der Waals surface area contributed by atoms with E-state index in [1.54, 1.807) is 0 Å². The highest BCUT2D eigenvalue weighted by Gasteiger charge is 2.57. The SMILES string of the molecule is [O]C12CC(C1)C2. The molecule has 3 saturated carbocycles. The summed E-state index contributed by atoms with van der Waals surface area (Å²) in [6.45, 7) is 0. The molecule has 0 heterocycles. The van der Waals surface area contributed by atoms with Gasteiger partial charge in [0.1, 0.15) is 5.60 Å². The van der Waals surface area contributed by atoms with Crippen molar-refractivity contribution in [2.45, 2.75) is 24.9 Å². The van der Waals surface area contributed by atoms with Crippen molar-refractivity contribution < 1.29 is 5.11 Å². The lowest BCUT2D eigenvalue weighted by molar-refractivity contribution is -0.228. The molecule has 0 spiro atoms. The van der Waals surface area contributed by atoms with E-state index >= 15 is 0 Å². The molecule has 3 aliphatic carbocycles. The van der Waals surface area contributed by atoms with Gasteiger partial charge in [-0.1, -0.05) is 0 Å². The zero-order chi connectivity index (χ0) is 4.20. The van der Waals surface area contributed by atoms with E-state index in [1.807, 2.05) is 0 Å². The summed E-state index contributed by atoms with van der Waals surface area (Å²) in [5, 5.41) is 10.6. The molecule has 1 radical (unpaired) electrons. The first-order valence-corrected chi connectivity index (χ1v) is 2.49. The molecule has 1 nitrogen and oxygen atoms in total. The third-order valence-electron chi connectivity index (χ3n) is 1.98. The monoisotopic (exact) mass is 83.0 g/mol. The van der Waals surface area contributed by atoms with E-state index < -0.39 is 0 Å². The number of hydrogen-bond acceptors (Lipinski definition) is 0. The van der Waals surface area contributed by atoms with Crippen molar-refractivity contribution in [2.24, 2.45) is 5.92 Å². The van der Waals surface area contributed by atoms with Gasteiger partial charge in [0.15, 0.2) is 0 Å². The van der Waals surface area contributed by atoms with Crippen LogP contribution in [0.3, 0.4) is 0 Å². The topological polar surface area (TPSA) is 19.9 Å². The van der Waals surface area contributed by atoms with E-state index in [-0.39, 0.29) is 5.60 Å². The Morgan fingerprint density at radius 2 is 1.67 bits per heavy atom. The summed E-state index contributed by atoms with van der Waals surface area (Å²) >= 11 is 0. The first kappa shape index (κ1) is 3.03. The number of hydrogen-bond donors (Lipinski definition) is 0. The molecule has 3 fully saturated rings. The first-order valence-electron chi connectivity index (χ1n) is 2.49. The van der Waals surface area contributed by atoms with E-state index in [9.17, 15) is 5.11 Å². The van der Waals surface area contributed by atoms with E-state index in [2.05, 4.69) is 0 Å². The molecule has 0 amide bonds. The van der Waals surface area contributed by atoms with Crippen LogP contribution in [0.1, 0.15) is 19.3 Å². The second kappa shape index (κ2) is 0.544. The van der Waals surface area contributed by atoms with Crippen molar-refractivity contribution in [1.82, 2.24) is 0 Å². The lowest BCUT2D eigenvalue weighted by Gasteiger charge is -2.55. The second-order valence-electron chi connectivity index (χ2n) is 2.66. The van der Waals surface area contributed by atoms with Gasteiger partial charge < -0.3 is 0 Å². The Balaban J connectivity index is 2.19. The van der Waals surface area contributed by atoms with Gasteiger partial charge in [0.05, 0.1) is 0 Å². The van der Waals surface area contributed by atoms with E-state index in [0.717, 1.165) is 25.2 Å². The van der Waals surface area contributed by atoms with Gasteiger partial charge in [-0.15, -0.1) is 0 Å². The largest absolute Gasteiger partial charge is 0.229 e. The summed E-state index contributed by atoms with van der Waals surface area (Å²) in [6.07, 6.45) is 2.98. The molecule has 0 aromatic heterocycles. The van der Waals surface area contributed by atoms with Crippen LogP contribution in [0.15, 0.2) is 0 Å². The summed E-state index contributed by atoms with van der Waals surface area (Å²) < 4.78 is 0. The maximum atomic E-state index is 10.6. The van der Waals surface area contributed by atoms with Gasteiger partial charge in [0, 0.05) is 0 Å². The van der Waals surface area contributed by atoms with Crippen molar-refractivity contribution >= 4 is 0 Å². The van der Waals surface area contributed by atoms with Crippen LogP contribution in [-0.4, -0.2) is 5.60 Å². The minimum Gasteiger partial charge on any atom is -0.229 e. The fourth-order valence-electron chi connectivity index (χ4n) is 1.40. The third kappa shape index (κ3) is 0.155. The lowest BCUT2D eigenvalue weighted by Crippen LogP contribution is -2.56. The van der Waals surface area contributed by atoms with Crippen molar-refractivity contribution in [1.29, 1.82) is 0 Å². The molecule has 0 aromatic carbocycles. The summed E-state index contributed by atoms with van der Waals surface area (Å²) in [7, 11) is 0. The molecule has 0 saturated heterocycles. The highest BCUT2D eigenvalue weighted by Crippen LogP contribution is 2.57. The lowest BCUT2D eigenvalue weighted by atomic mass is 9.52. The van der Waals surface area contributed by atoms with Crippen molar-refractivity contribution in [3.8, 4) is 0 Å². The smallest absolute Gasteiger partial charge is 0.104 e. The fourth-order valence-corrected chi connectivity index (χ4v) is 1.40. The van der Waals surface area contributed by atoms with E-state index in [4.69, 9.17) is 0 Å². The Bertz CT molecular complexity index is 70.9. The van der Waals surface area contributed by atoms with Crippen LogP contribution in [0.25, 0.3) is 0 Å². The summed E-state index contributed by atoms with van der Waals surface area (Å²) in [6, 6.07) is 0. The van der Waals surface area contributed by atoms with Crippen LogP contribution >= 0.6 is 0 Å². The second-order valence-corrected chi connectivity index (χ2v) is 2.66. The zero-order valence-electron chi connectivity index (χ0n) is 3.61. The van der Waals surface area contributed by atoms with Crippen molar-refractivity contribution in [3.63, 3.8) is 0 Å². The van der Waals surface area contributed by atoms with E-state index in [0.29, 0.717) is 0 Å². The average molecular weight is 83.1 g/mol. The van der Waals surface area contributed by atoms with Crippen LogP contribution in [0.2, 0.25) is 0 Å². The minimum atomic E-state index is -0.384. The zero-order valence-corrected chi connectivity index (χ0v) is 3.61. The summed E-state index contributed by atoms with van der Waals surface area (Å²) in [4.78, 5) is 0. The molecule has 33 valence electrons. The molecule has 3 aliphatic rings. The van der Waals surface area contributed by atoms with Crippen LogP contribution < -0.4 is 0 Å². The van der Waals surface area contributed by atoms with Gasteiger partial charge >= 0.3 is 0 Å². The van der Waals surface area contributed by atoms with Gasteiger partial charge in [0.2, 0.25) is 0 Å². The Hall–Kier alpha value is -0.0400. The average Bonchev–Trinajstić information content (AvgIpc) is 1.24. The molecule has 6 heavy (non-hydrogen) atoms. The van der Waals surface area contributed by atoms with Crippen LogP contribution in [0.5, 0.6) is 0 Å². The molecule has 3 rings (SSSR count). The normalized spacial score (nSPS) is 62.5. The van der Waals surface area contributed by atoms with Crippen LogP contribution in [0, 0.1) is 5.92 Å². The maximum Gasteiger partial charge on any atom is 0.104 e. The highest BCUT2D eigenvalue weighted by atomic mass is 16.3. The molecular weight excluding hydrogens is 76.1 g/mol. The predicted octanol–water partition coefficient (Wildman–Crippen LogP) is 0.969. The molecule has 0 atom stereocenters. The van der Waals surface area contributed by atoms with Crippen LogP contribution in [-0.2, 0) is 5.11 Å². The molecule has 2 bridgehead atoms. The fraction of sp³-hybridized carbons (Fsp3) is 1.00. The third-order valence-corrected chi connectivity index (χ3v) is 1.98. The van der Waals surface area contributed by atoms with Crippen molar-refractivity contribution in [2.75, 3.05) is 0 Å². The highest BCUT2D eigenvalue weighted by molar-refractivity contribution is 5.07. The van der Waals surface area contributed by atoms with Gasteiger partial charge in [-0.2, -0.15) is 0 Å². The van der Waals surface area contributed by atoms with Gasteiger partial charge in [0.25, 0.3) is 0 Å². The first-order chi connectivity index (χ1) is 2.79. The van der Waals surface area contributed by atoms with E-state index in [1.165, 1.54) is 0 Å². The Kier molecular flexibility index (Phi) is 0.274. The summed E-state index contributed by atoms with van der Waals surface area (Å²) in [5.74, 6) is 0.863. The Labute approximate surface area is 37.0 Å². The van der Waals surface area contributed by atoms with Gasteiger partial charge in [-0.3, -0.25) is 0 Å². The molecular formula is C5H7O. The molecule has 0 aromatic rings. The van der Waals surface area contributed by atoms with Crippen molar-refractivity contribution in [3.05, 3.63) is 0 Å².